The zero-order valence-electron chi connectivity index (χ0n) is 11.1. The molecule has 104 valence electrons. The lowest BCUT2D eigenvalue weighted by Gasteiger charge is -2.26. The van der Waals surface area contributed by atoms with E-state index in [2.05, 4.69) is 22.6 Å². The molecule has 0 aliphatic heterocycles. The van der Waals surface area contributed by atoms with Crippen molar-refractivity contribution in [2.45, 2.75) is 32.7 Å². The van der Waals surface area contributed by atoms with E-state index in [1.54, 1.807) is 11.0 Å². The minimum atomic E-state index is -0.828. The second-order valence-corrected chi connectivity index (χ2v) is 5.85. The van der Waals surface area contributed by atoms with Crippen molar-refractivity contribution < 1.29 is 14.7 Å². The summed E-state index contributed by atoms with van der Waals surface area (Å²) in [6.07, 6.45) is 0.562. The highest BCUT2D eigenvalue weighted by molar-refractivity contribution is 14.1. The van der Waals surface area contributed by atoms with Gasteiger partial charge in [-0.05, 0) is 61.1 Å². The minimum absolute atomic E-state index is 0.0427. The second kappa shape index (κ2) is 7.47. The summed E-state index contributed by atoms with van der Waals surface area (Å²) in [5.41, 5.74) is 0.649. The predicted molar refractivity (Wildman–Crippen MR) is 82.2 cm³/mol. The van der Waals surface area contributed by atoms with E-state index in [-0.39, 0.29) is 18.4 Å². The highest BCUT2D eigenvalue weighted by Gasteiger charge is 2.18. The van der Waals surface area contributed by atoms with Gasteiger partial charge in [0.15, 0.2) is 0 Å². The number of carboxylic acids is 1. The van der Waals surface area contributed by atoms with Crippen LogP contribution in [0.5, 0.6) is 0 Å². The van der Waals surface area contributed by atoms with Gasteiger partial charge < -0.3 is 10.0 Å². The van der Waals surface area contributed by atoms with Gasteiger partial charge in [-0.2, -0.15) is 0 Å². The molecule has 1 aromatic rings. The monoisotopic (exact) mass is 375 g/mol. The van der Waals surface area contributed by atoms with E-state index < -0.39 is 5.97 Å². The molecule has 0 aromatic heterocycles. The first kappa shape index (κ1) is 15.9. The molecule has 0 bridgehead atoms. The summed E-state index contributed by atoms with van der Waals surface area (Å²) in [5, 5.41) is 8.65. The van der Waals surface area contributed by atoms with Crippen molar-refractivity contribution in [3.05, 3.63) is 33.4 Å². The molecular formula is C14H18INO3. The number of hydrogen-bond donors (Lipinski definition) is 1. The molecule has 0 radical (unpaired) electrons. The van der Waals surface area contributed by atoms with E-state index in [0.29, 0.717) is 18.5 Å². The number of aliphatic carboxylic acids is 1. The number of carbonyl (C=O) groups is 2. The van der Waals surface area contributed by atoms with Crippen LogP contribution < -0.4 is 0 Å². The van der Waals surface area contributed by atoms with Crippen molar-refractivity contribution in [2.24, 2.45) is 0 Å². The van der Waals surface area contributed by atoms with Crippen LogP contribution in [0.25, 0.3) is 0 Å². The van der Waals surface area contributed by atoms with Crippen molar-refractivity contribution in [2.75, 3.05) is 6.54 Å². The Balaban J connectivity index is 2.75. The fourth-order valence-corrected chi connectivity index (χ4v) is 2.33. The van der Waals surface area contributed by atoms with E-state index in [0.717, 1.165) is 3.57 Å². The van der Waals surface area contributed by atoms with Gasteiger partial charge in [0.25, 0.3) is 5.91 Å². The van der Waals surface area contributed by atoms with E-state index in [9.17, 15) is 9.59 Å². The van der Waals surface area contributed by atoms with Gasteiger partial charge in [-0.15, -0.1) is 0 Å². The van der Waals surface area contributed by atoms with Crippen LogP contribution in [0.4, 0.5) is 0 Å². The molecule has 0 unspecified atom stereocenters. The molecule has 0 aliphatic carbocycles. The van der Waals surface area contributed by atoms with E-state index in [4.69, 9.17) is 5.11 Å². The Bertz CT molecular complexity index is 460. The average Bonchev–Trinajstić information content (AvgIpc) is 2.33. The lowest BCUT2D eigenvalue weighted by molar-refractivity contribution is -0.137. The summed E-state index contributed by atoms with van der Waals surface area (Å²) >= 11 is 2.17. The lowest BCUT2D eigenvalue weighted by Crippen LogP contribution is -2.37. The molecule has 0 saturated carbocycles. The van der Waals surface area contributed by atoms with Gasteiger partial charge in [0, 0.05) is 28.1 Å². The first-order valence-corrected chi connectivity index (χ1v) is 7.28. The first-order chi connectivity index (χ1) is 8.91. The Kier molecular flexibility index (Phi) is 6.27. The van der Waals surface area contributed by atoms with E-state index in [1.165, 1.54) is 0 Å². The molecule has 5 heteroatoms. The van der Waals surface area contributed by atoms with Crippen molar-refractivity contribution in [1.82, 2.24) is 4.90 Å². The summed E-state index contributed by atoms with van der Waals surface area (Å²) in [5.74, 6) is -0.871. The second-order valence-electron chi connectivity index (χ2n) is 4.60. The standard InChI is InChI=1S/C14H18INO3/c1-10(2)16(8-4-7-13(17)18)14(19)11-5-3-6-12(15)9-11/h3,5-6,9-10H,4,7-8H2,1-2H3,(H,17,18). The smallest absolute Gasteiger partial charge is 0.303 e. The molecule has 1 amide bonds. The van der Waals surface area contributed by atoms with Crippen LogP contribution in [0.2, 0.25) is 0 Å². The van der Waals surface area contributed by atoms with Crippen molar-refractivity contribution in [1.29, 1.82) is 0 Å². The Morgan fingerprint density at radius 1 is 1.37 bits per heavy atom. The van der Waals surface area contributed by atoms with Gasteiger partial charge in [-0.3, -0.25) is 9.59 Å². The molecule has 0 saturated heterocycles. The fraction of sp³-hybridized carbons (Fsp3) is 0.429. The van der Waals surface area contributed by atoms with Crippen molar-refractivity contribution in [3.63, 3.8) is 0 Å². The number of nitrogens with zero attached hydrogens (tertiary/aromatic N) is 1. The maximum Gasteiger partial charge on any atom is 0.303 e. The predicted octanol–water partition coefficient (Wildman–Crippen LogP) is 3.01. The number of hydrogen-bond acceptors (Lipinski definition) is 2. The number of halogens is 1. The average molecular weight is 375 g/mol. The molecule has 0 fully saturated rings. The van der Waals surface area contributed by atoms with Crippen LogP contribution >= 0.6 is 22.6 Å². The molecular weight excluding hydrogens is 357 g/mol. The molecule has 0 aliphatic rings. The van der Waals surface area contributed by atoms with Crippen LogP contribution in [-0.2, 0) is 4.79 Å². The Hall–Kier alpha value is -1.11. The minimum Gasteiger partial charge on any atom is -0.481 e. The molecule has 0 atom stereocenters. The van der Waals surface area contributed by atoms with Crippen LogP contribution in [-0.4, -0.2) is 34.5 Å². The van der Waals surface area contributed by atoms with Crippen molar-refractivity contribution >= 4 is 34.5 Å². The van der Waals surface area contributed by atoms with Crippen molar-refractivity contribution in [3.8, 4) is 0 Å². The molecule has 19 heavy (non-hydrogen) atoms. The number of rotatable bonds is 6. The quantitative estimate of drug-likeness (QED) is 0.778. The van der Waals surface area contributed by atoms with Crippen LogP contribution in [0.3, 0.4) is 0 Å². The van der Waals surface area contributed by atoms with Crippen LogP contribution in [0.1, 0.15) is 37.0 Å². The zero-order chi connectivity index (χ0) is 14.4. The highest BCUT2D eigenvalue weighted by atomic mass is 127. The summed E-state index contributed by atoms with van der Waals surface area (Å²) in [7, 11) is 0. The van der Waals surface area contributed by atoms with E-state index in [1.807, 2.05) is 32.0 Å². The third kappa shape index (κ3) is 5.18. The van der Waals surface area contributed by atoms with Gasteiger partial charge in [0.05, 0.1) is 0 Å². The first-order valence-electron chi connectivity index (χ1n) is 6.20. The van der Waals surface area contributed by atoms with Gasteiger partial charge in [0.1, 0.15) is 0 Å². The van der Waals surface area contributed by atoms with E-state index >= 15 is 0 Å². The number of benzene rings is 1. The third-order valence-electron chi connectivity index (χ3n) is 2.75. The summed E-state index contributed by atoms with van der Waals surface area (Å²) in [6.45, 7) is 4.34. The number of carboxylic acid groups (broad SMARTS) is 1. The molecule has 4 nitrogen and oxygen atoms in total. The zero-order valence-corrected chi connectivity index (χ0v) is 13.3. The molecule has 1 rings (SSSR count). The fourth-order valence-electron chi connectivity index (χ4n) is 1.78. The molecule has 1 aromatic carbocycles. The Morgan fingerprint density at radius 3 is 2.58 bits per heavy atom. The van der Waals surface area contributed by atoms with Gasteiger partial charge in [0.2, 0.25) is 0 Å². The third-order valence-corrected chi connectivity index (χ3v) is 3.42. The Labute approximate surface area is 126 Å². The molecule has 0 spiro atoms. The number of carbonyl (C=O) groups excluding carboxylic acids is 1. The maximum atomic E-state index is 12.4. The van der Waals surface area contributed by atoms with Gasteiger partial charge in [-0.1, -0.05) is 6.07 Å². The summed E-state index contributed by atoms with van der Waals surface area (Å²) in [4.78, 5) is 24.6. The summed E-state index contributed by atoms with van der Waals surface area (Å²) < 4.78 is 1.01. The normalized spacial score (nSPS) is 10.5. The topological polar surface area (TPSA) is 57.6 Å². The molecule has 0 heterocycles. The SMILES string of the molecule is CC(C)N(CCCC(=O)O)C(=O)c1cccc(I)c1. The highest BCUT2D eigenvalue weighted by Crippen LogP contribution is 2.13. The number of amides is 1. The molecule has 1 N–H and O–H groups in total. The summed E-state index contributed by atoms with van der Waals surface area (Å²) in [6, 6.07) is 7.47. The van der Waals surface area contributed by atoms with Crippen LogP contribution in [0.15, 0.2) is 24.3 Å². The largest absolute Gasteiger partial charge is 0.481 e. The van der Waals surface area contributed by atoms with Gasteiger partial charge >= 0.3 is 5.97 Å². The van der Waals surface area contributed by atoms with Gasteiger partial charge in [-0.25, -0.2) is 0 Å². The lowest BCUT2D eigenvalue weighted by atomic mass is 10.1. The Morgan fingerprint density at radius 2 is 2.05 bits per heavy atom. The van der Waals surface area contributed by atoms with Crippen LogP contribution in [0, 0.1) is 3.57 Å². The maximum absolute atomic E-state index is 12.4.